The van der Waals surface area contributed by atoms with Crippen LogP contribution in [-0.4, -0.2) is 41.6 Å². The molecule has 1 saturated heterocycles. The van der Waals surface area contributed by atoms with Crippen LogP contribution in [0.15, 0.2) is 29.4 Å². The predicted molar refractivity (Wildman–Crippen MR) is 97.5 cm³/mol. The van der Waals surface area contributed by atoms with Gasteiger partial charge >= 0.3 is 0 Å². The molecule has 6 heteroatoms. The minimum atomic E-state index is -0.103. The quantitative estimate of drug-likeness (QED) is 0.526. The third kappa shape index (κ3) is 4.10. The van der Waals surface area contributed by atoms with Gasteiger partial charge in [0, 0.05) is 10.9 Å². The third-order valence-corrected chi connectivity index (χ3v) is 4.54. The summed E-state index contributed by atoms with van der Waals surface area (Å²) in [5.41, 5.74) is 5.22. The van der Waals surface area contributed by atoms with Crippen LogP contribution in [0.2, 0.25) is 5.15 Å². The summed E-state index contributed by atoms with van der Waals surface area (Å²) < 4.78 is 0. The van der Waals surface area contributed by atoms with Gasteiger partial charge in [0.1, 0.15) is 5.15 Å². The summed E-state index contributed by atoms with van der Waals surface area (Å²) in [6, 6.07) is 7.89. The maximum Gasteiger partial charge on any atom is 0.254 e. The number of pyridine rings is 1. The molecule has 1 fully saturated rings. The van der Waals surface area contributed by atoms with Crippen molar-refractivity contribution in [3.8, 4) is 0 Å². The number of fused-ring (bicyclic) bond motifs is 1. The van der Waals surface area contributed by atoms with Gasteiger partial charge in [0.25, 0.3) is 5.91 Å². The molecule has 0 unspecified atom stereocenters. The van der Waals surface area contributed by atoms with Crippen molar-refractivity contribution in [1.29, 1.82) is 0 Å². The molecule has 5 nitrogen and oxygen atoms in total. The zero-order chi connectivity index (χ0) is 16.9. The summed E-state index contributed by atoms with van der Waals surface area (Å²) in [6.45, 7) is 4.36. The maximum absolute atomic E-state index is 11.9. The average Bonchev–Trinajstić information content (AvgIpc) is 2.57. The summed E-state index contributed by atoms with van der Waals surface area (Å²) in [5.74, 6) is -0.103. The van der Waals surface area contributed by atoms with E-state index < -0.39 is 0 Å². The van der Waals surface area contributed by atoms with E-state index in [2.05, 4.69) is 20.4 Å². The van der Waals surface area contributed by atoms with Crippen molar-refractivity contribution in [2.75, 3.05) is 19.6 Å². The number of carbonyl (C=O) groups excluding carboxylic acids is 1. The summed E-state index contributed by atoms with van der Waals surface area (Å²) in [4.78, 5) is 18.5. The summed E-state index contributed by atoms with van der Waals surface area (Å²) >= 11 is 6.22. The highest BCUT2D eigenvalue weighted by atomic mass is 35.5. The molecule has 1 aromatic heterocycles. The number of hydrogen-bond donors (Lipinski definition) is 1. The van der Waals surface area contributed by atoms with Crippen molar-refractivity contribution in [1.82, 2.24) is 15.3 Å². The third-order valence-electron chi connectivity index (χ3n) is 4.24. The molecule has 0 spiro atoms. The van der Waals surface area contributed by atoms with Crippen molar-refractivity contribution >= 4 is 34.6 Å². The highest BCUT2D eigenvalue weighted by molar-refractivity contribution is 6.32. The van der Waals surface area contributed by atoms with Crippen LogP contribution in [0.3, 0.4) is 0 Å². The second-order valence-electron chi connectivity index (χ2n) is 6.15. The fourth-order valence-electron chi connectivity index (χ4n) is 2.96. The van der Waals surface area contributed by atoms with Crippen molar-refractivity contribution in [3.63, 3.8) is 0 Å². The van der Waals surface area contributed by atoms with Crippen molar-refractivity contribution in [3.05, 3.63) is 40.5 Å². The summed E-state index contributed by atoms with van der Waals surface area (Å²) in [5, 5.41) is 5.40. The number of nitrogens with zero attached hydrogens (tertiary/aromatic N) is 3. The van der Waals surface area contributed by atoms with Gasteiger partial charge in [0.15, 0.2) is 0 Å². The second kappa shape index (κ2) is 7.73. The minimum absolute atomic E-state index is 0.103. The van der Waals surface area contributed by atoms with Gasteiger partial charge in [-0.2, -0.15) is 5.10 Å². The highest BCUT2D eigenvalue weighted by Crippen LogP contribution is 2.21. The van der Waals surface area contributed by atoms with Crippen LogP contribution in [0.5, 0.6) is 0 Å². The van der Waals surface area contributed by atoms with Gasteiger partial charge in [0.05, 0.1) is 18.3 Å². The zero-order valence-corrected chi connectivity index (χ0v) is 14.5. The SMILES string of the molecule is Cc1cccc2cc(C=NNC(=O)CN3CCCCC3)c(Cl)nc12. The van der Waals surface area contributed by atoms with Gasteiger partial charge in [-0.15, -0.1) is 0 Å². The molecule has 24 heavy (non-hydrogen) atoms. The monoisotopic (exact) mass is 344 g/mol. The number of para-hydroxylation sites is 1. The van der Waals surface area contributed by atoms with E-state index in [0.29, 0.717) is 17.3 Å². The number of aryl methyl sites for hydroxylation is 1. The lowest BCUT2D eigenvalue weighted by molar-refractivity contribution is -0.122. The molecule has 3 rings (SSSR count). The van der Waals surface area contributed by atoms with Crippen LogP contribution in [0, 0.1) is 6.92 Å². The Morgan fingerprint density at radius 3 is 2.96 bits per heavy atom. The van der Waals surface area contributed by atoms with Crippen LogP contribution in [0.4, 0.5) is 0 Å². The highest BCUT2D eigenvalue weighted by Gasteiger charge is 2.13. The molecule has 1 amide bonds. The van der Waals surface area contributed by atoms with E-state index >= 15 is 0 Å². The van der Waals surface area contributed by atoms with Gasteiger partial charge in [-0.3, -0.25) is 9.69 Å². The zero-order valence-electron chi connectivity index (χ0n) is 13.8. The van der Waals surface area contributed by atoms with Gasteiger partial charge in [-0.05, 0) is 44.5 Å². The molecular weight excluding hydrogens is 324 g/mol. The normalized spacial score (nSPS) is 15.9. The maximum atomic E-state index is 11.9. The topological polar surface area (TPSA) is 57.6 Å². The molecule has 1 aliphatic heterocycles. The minimum Gasteiger partial charge on any atom is -0.294 e. The lowest BCUT2D eigenvalue weighted by Crippen LogP contribution is -2.38. The number of hydrazone groups is 1. The van der Waals surface area contributed by atoms with Crippen LogP contribution in [-0.2, 0) is 4.79 Å². The van der Waals surface area contributed by atoms with Crippen LogP contribution < -0.4 is 5.43 Å². The first-order chi connectivity index (χ1) is 11.6. The largest absolute Gasteiger partial charge is 0.294 e. The molecule has 1 N–H and O–H groups in total. The number of aromatic nitrogens is 1. The van der Waals surface area contributed by atoms with Gasteiger partial charge in [-0.25, -0.2) is 10.4 Å². The second-order valence-corrected chi connectivity index (χ2v) is 6.50. The first-order valence-corrected chi connectivity index (χ1v) is 8.61. The molecule has 0 aliphatic carbocycles. The number of piperidine rings is 1. The van der Waals surface area contributed by atoms with E-state index in [4.69, 9.17) is 11.6 Å². The van der Waals surface area contributed by atoms with Gasteiger partial charge in [-0.1, -0.05) is 36.2 Å². The van der Waals surface area contributed by atoms with Crippen molar-refractivity contribution in [2.45, 2.75) is 26.2 Å². The Morgan fingerprint density at radius 2 is 2.17 bits per heavy atom. The Kier molecular flexibility index (Phi) is 5.43. The van der Waals surface area contributed by atoms with E-state index in [9.17, 15) is 4.79 Å². The molecule has 2 heterocycles. The number of benzene rings is 1. The smallest absolute Gasteiger partial charge is 0.254 e. The predicted octanol–water partition coefficient (Wildman–Crippen LogP) is 3.13. The number of likely N-dealkylation sites (tertiary alicyclic amines) is 1. The van der Waals surface area contributed by atoms with Crippen LogP contribution in [0.25, 0.3) is 10.9 Å². The molecule has 0 bridgehead atoms. The number of rotatable bonds is 4. The number of halogens is 1. The molecule has 0 saturated carbocycles. The van der Waals surface area contributed by atoms with Crippen LogP contribution >= 0.6 is 11.6 Å². The fourth-order valence-corrected chi connectivity index (χ4v) is 3.15. The average molecular weight is 345 g/mol. The van der Waals surface area contributed by atoms with E-state index in [0.717, 1.165) is 42.4 Å². The molecule has 2 aromatic rings. The summed E-state index contributed by atoms with van der Waals surface area (Å²) in [6.07, 6.45) is 5.12. The number of nitrogens with one attached hydrogen (secondary N) is 1. The first-order valence-electron chi connectivity index (χ1n) is 8.23. The molecule has 0 atom stereocenters. The van der Waals surface area contributed by atoms with Crippen molar-refractivity contribution in [2.24, 2.45) is 5.10 Å². The molecular formula is C18H21ClN4O. The summed E-state index contributed by atoms with van der Waals surface area (Å²) in [7, 11) is 0. The first kappa shape index (κ1) is 16.9. The standard InChI is InChI=1S/C18H21ClN4O/c1-13-6-5-7-14-10-15(18(19)21-17(13)14)11-20-22-16(24)12-23-8-3-2-4-9-23/h5-7,10-11H,2-4,8-9,12H2,1H3,(H,22,24). The lowest BCUT2D eigenvalue weighted by atomic mass is 10.1. The Bertz CT molecular complexity index is 769. The Hall–Kier alpha value is -1.98. The number of carbonyl (C=O) groups is 1. The van der Waals surface area contributed by atoms with E-state index in [1.54, 1.807) is 6.21 Å². The van der Waals surface area contributed by atoms with Gasteiger partial charge in [0.2, 0.25) is 0 Å². The lowest BCUT2D eigenvalue weighted by Gasteiger charge is -2.25. The van der Waals surface area contributed by atoms with E-state index in [1.165, 1.54) is 6.42 Å². The molecule has 126 valence electrons. The van der Waals surface area contributed by atoms with Crippen LogP contribution in [0.1, 0.15) is 30.4 Å². The Balaban J connectivity index is 1.64. The molecule has 1 aliphatic rings. The van der Waals surface area contributed by atoms with Gasteiger partial charge < -0.3 is 0 Å². The fraction of sp³-hybridized carbons (Fsp3) is 0.389. The Labute approximate surface area is 146 Å². The van der Waals surface area contributed by atoms with Crippen molar-refractivity contribution < 1.29 is 4.79 Å². The number of hydrogen-bond acceptors (Lipinski definition) is 4. The number of amides is 1. The Morgan fingerprint density at radius 1 is 1.38 bits per heavy atom. The van der Waals surface area contributed by atoms with E-state index in [1.807, 2.05) is 31.2 Å². The molecule has 0 radical (unpaired) electrons. The van der Waals surface area contributed by atoms with E-state index in [-0.39, 0.29) is 5.91 Å². The molecule has 1 aromatic carbocycles.